The van der Waals surface area contributed by atoms with Gasteiger partial charge in [0.1, 0.15) is 0 Å². The zero-order valence-electron chi connectivity index (χ0n) is 12.2. The molecule has 0 aromatic heterocycles. The Bertz CT molecular complexity index is 628. The van der Waals surface area contributed by atoms with Gasteiger partial charge in [0.25, 0.3) is 0 Å². The Labute approximate surface area is 133 Å². The molecule has 22 heavy (non-hydrogen) atoms. The third-order valence-electron chi connectivity index (χ3n) is 3.24. The van der Waals surface area contributed by atoms with Crippen molar-refractivity contribution in [3.63, 3.8) is 0 Å². The van der Waals surface area contributed by atoms with E-state index in [0.29, 0.717) is 16.4 Å². The molecule has 0 bridgehead atoms. The van der Waals surface area contributed by atoms with E-state index in [1.54, 1.807) is 0 Å². The lowest BCUT2D eigenvalue weighted by atomic mass is 9.94. The number of carbonyl (C=O) groups excluding carboxylic acids is 2. The molecule has 0 amide bonds. The van der Waals surface area contributed by atoms with Gasteiger partial charge in [-0.25, -0.2) is 4.79 Å². The summed E-state index contributed by atoms with van der Waals surface area (Å²) in [6, 6.07) is 8.84. The van der Waals surface area contributed by atoms with Crippen molar-refractivity contribution in [1.29, 1.82) is 0 Å². The van der Waals surface area contributed by atoms with Crippen molar-refractivity contribution < 1.29 is 19.1 Å². The topological polar surface area (TPSA) is 76.7 Å². The normalized spacial score (nSPS) is 17.4. The summed E-state index contributed by atoms with van der Waals surface area (Å²) in [5.74, 6) is -1.00. The van der Waals surface area contributed by atoms with Crippen LogP contribution in [0.3, 0.4) is 0 Å². The van der Waals surface area contributed by atoms with Crippen LogP contribution in [0.2, 0.25) is 0 Å². The summed E-state index contributed by atoms with van der Waals surface area (Å²) in [7, 11) is 2.58. The van der Waals surface area contributed by atoms with E-state index in [4.69, 9.17) is 17.0 Å². The van der Waals surface area contributed by atoms with Gasteiger partial charge in [-0.15, -0.1) is 0 Å². The number of esters is 2. The summed E-state index contributed by atoms with van der Waals surface area (Å²) in [5, 5.41) is 6.21. The van der Waals surface area contributed by atoms with Crippen LogP contribution in [-0.2, 0) is 19.1 Å². The summed E-state index contributed by atoms with van der Waals surface area (Å²) >= 11 is 5.16. The number of hydrogen-bond donors (Lipinski definition) is 2. The van der Waals surface area contributed by atoms with Crippen LogP contribution >= 0.6 is 12.2 Å². The van der Waals surface area contributed by atoms with Gasteiger partial charge in [0.15, 0.2) is 5.11 Å². The Hall–Kier alpha value is -2.41. The van der Waals surface area contributed by atoms with E-state index >= 15 is 0 Å². The maximum absolute atomic E-state index is 12.2. The Balaban J connectivity index is 2.50. The molecular formula is C15H16N2O4S. The second-order valence-corrected chi connectivity index (χ2v) is 4.99. The molecule has 1 heterocycles. The number of rotatable bonds is 4. The number of methoxy groups -OCH3 is 2. The third-order valence-corrected chi connectivity index (χ3v) is 3.46. The molecule has 116 valence electrons. The van der Waals surface area contributed by atoms with Crippen LogP contribution in [0.4, 0.5) is 0 Å². The summed E-state index contributed by atoms with van der Waals surface area (Å²) in [4.78, 5) is 23.8. The van der Waals surface area contributed by atoms with Gasteiger partial charge in [-0.2, -0.15) is 0 Å². The number of thiocarbonyl (C=S) groups is 1. The van der Waals surface area contributed by atoms with Gasteiger partial charge in [0.2, 0.25) is 0 Å². The molecule has 2 N–H and O–H groups in total. The van der Waals surface area contributed by atoms with Gasteiger partial charge in [-0.05, 0) is 17.8 Å². The van der Waals surface area contributed by atoms with Crippen LogP contribution in [0.1, 0.15) is 18.0 Å². The Morgan fingerprint density at radius 1 is 1.18 bits per heavy atom. The Morgan fingerprint density at radius 2 is 1.86 bits per heavy atom. The molecule has 0 radical (unpaired) electrons. The fraction of sp³-hybridized carbons (Fsp3) is 0.267. The van der Waals surface area contributed by atoms with Crippen LogP contribution in [0.15, 0.2) is 41.6 Å². The number of carbonyl (C=O) groups is 2. The Morgan fingerprint density at radius 3 is 2.45 bits per heavy atom. The minimum Gasteiger partial charge on any atom is -0.469 e. The maximum atomic E-state index is 12.2. The van der Waals surface area contributed by atoms with Crippen molar-refractivity contribution in [1.82, 2.24) is 10.6 Å². The average molecular weight is 320 g/mol. The SMILES string of the molecule is COC(=O)CC1=C(C(=O)OC)[C@@H](c2ccccc2)NC(=S)N1. The van der Waals surface area contributed by atoms with Crippen molar-refractivity contribution in [2.45, 2.75) is 12.5 Å². The van der Waals surface area contributed by atoms with Gasteiger partial charge >= 0.3 is 11.9 Å². The van der Waals surface area contributed by atoms with Crippen LogP contribution < -0.4 is 10.6 Å². The summed E-state index contributed by atoms with van der Waals surface area (Å²) in [6.45, 7) is 0. The largest absolute Gasteiger partial charge is 0.469 e. The van der Waals surface area contributed by atoms with Gasteiger partial charge in [-0.1, -0.05) is 30.3 Å². The van der Waals surface area contributed by atoms with Gasteiger partial charge in [-0.3, -0.25) is 4.79 Å². The molecule has 0 fully saturated rings. The first-order valence-corrected chi connectivity index (χ1v) is 6.98. The highest BCUT2D eigenvalue weighted by Crippen LogP contribution is 2.28. The maximum Gasteiger partial charge on any atom is 0.337 e. The average Bonchev–Trinajstić information content (AvgIpc) is 2.54. The lowest BCUT2D eigenvalue weighted by Gasteiger charge is -2.30. The molecule has 0 unspecified atom stereocenters. The van der Waals surface area contributed by atoms with Crippen molar-refractivity contribution in [2.24, 2.45) is 0 Å². The van der Waals surface area contributed by atoms with Crippen LogP contribution in [0, 0.1) is 0 Å². The van der Waals surface area contributed by atoms with E-state index in [2.05, 4.69) is 15.4 Å². The predicted molar refractivity (Wildman–Crippen MR) is 83.7 cm³/mol. The second kappa shape index (κ2) is 7.04. The molecule has 7 heteroatoms. The standard InChI is InChI=1S/C15H16N2O4S/c1-20-11(18)8-10-12(14(19)21-2)13(17-15(22)16-10)9-6-4-3-5-7-9/h3-7,13H,8H2,1-2H3,(H2,16,17,22)/t13-/m1/s1. The molecule has 1 aliphatic heterocycles. The van der Waals surface area contributed by atoms with Gasteiger partial charge in [0.05, 0.1) is 32.3 Å². The van der Waals surface area contributed by atoms with Crippen molar-refractivity contribution in [3.05, 3.63) is 47.2 Å². The highest BCUT2D eigenvalue weighted by Gasteiger charge is 2.32. The third kappa shape index (κ3) is 3.43. The minimum atomic E-state index is -0.532. The molecule has 0 saturated heterocycles. The quantitative estimate of drug-likeness (QED) is 0.637. The molecule has 0 saturated carbocycles. The van der Waals surface area contributed by atoms with Crippen molar-refractivity contribution in [2.75, 3.05) is 14.2 Å². The summed E-state index contributed by atoms with van der Waals surface area (Å²) in [6.07, 6.45) is -0.0912. The first-order chi connectivity index (χ1) is 10.6. The first kappa shape index (κ1) is 16.0. The van der Waals surface area contributed by atoms with Crippen molar-refractivity contribution in [3.8, 4) is 0 Å². The van der Waals surface area contributed by atoms with Crippen molar-refractivity contribution >= 4 is 29.3 Å². The molecule has 0 aliphatic carbocycles. The summed E-state index contributed by atoms with van der Waals surface area (Å²) < 4.78 is 9.51. The highest BCUT2D eigenvalue weighted by molar-refractivity contribution is 7.80. The lowest BCUT2D eigenvalue weighted by molar-refractivity contribution is -0.139. The van der Waals surface area contributed by atoms with Crippen LogP contribution in [0.25, 0.3) is 0 Å². The van der Waals surface area contributed by atoms with Gasteiger partial charge in [0, 0.05) is 5.70 Å². The molecule has 1 aromatic carbocycles. The Kier molecular flexibility index (Phi) is 5.11. The molecule has 6 nitrogen and oxygen atoms in total. The fourth-order valence-corrected chi connectivity index (χ4v) is 2.46. The monoisotopic (exact) mass is 320 g/mol. The first-order valence-electron chi connectivity index (χ1n) is 6.57. The molecule has 1 aliphatic rings. The number of nitrogens with one attached hydrogen (secondary N) is 2. The molecule has 1 atom stereocenters. The van der Waals surface area contributed by atoms with Crippen LogP contribution in [-0.4, -0.2) is 31.3 Å². The van der Waals surface area contributed by atoms with E-state index < -0.39 is 18.0 Å². The zero-order valence-corrected chi connectivity index (χ0v) is 13.0. The summed E-state index contributed by atoms with van der Waals surface area (Å²) in [5.41, 5.74) is 1.54. The van der Waals surface area contributed by atoms with E-state index in [1.165, 1.54) is 14.2 Å². The predicted octanol–water partition coefficient (Wildman–Crippen LogP) is 1.20. The highest BCUT2D eigenvalue weighted by atomic mass is 32.1. The van der Waals surface area contributed by atoms with E-state index in [0.717, 1.165) is 5.56 Å². The second-order valence-electron chi connectivity index (χ2n) is 4.58. The molecular weight excluding hydrogens is 304 g/mol. The fourth-order valence-electron chi connectivity index (χ4n) is 2.22. The number of benzene rings is 1. The zero-order chi connectivity index (χ0) is 16.1. The van der Waals surface area contributed by atoms with E-state index in [-0.39, 0.29) is 6.42 Å². The number of ether oxygens (including phenoxy) is 2. The smallest absolute Gasteiger partial charge is 0.337 e. The number of hydrogen-bond acceptors (Lipinski definition) is 5. The molecule has 1 aromatic rings. The lowest BCUT2D eigenvalue weighted by Crippen LogP contribution is -2.46. The minimum absolute atomic E-state index is 0.0912. The van der Waals surface area contributed by atoms with Crippen LogP contribution in [0.5, 0.6) is 0 Å². The van der Waals surface area contributed by atoms with E-state index in [1.807, 2.05) is 30.3 Å². The van der Waals surface area contributed by atoms with Gasteiger partial charge < -0.3 is 20.1 Å². The molecule has 2 rings (SSSR count). The molecule has 0 spiro atoms. The van der Waals surface area contributed by atoms with E-state index in [9.17, 15) is 9.59 Å².